The highest BCUT2D eigenvalue weighted by Crippen LogP contribution is 2.23. The topological polar surface area (TPSA) is 66.5 Å². The molecule has 0 heterocycles. The summed E-state index contributed by atoms with van der Waals surface area (Å²) in [6.07, 6.45) is 2.02. The van der Waals surface area contributed by atoms with Crippen molar-refractivity contribution >= 4 is 37.5 Å². The number of rotatable bonds is 7. The van der Waals surface area contributed by atoms with Gasteiger partial charge < -0.3 is 5.32 Å². The summed E-state index contributed by atoms with van der Waals surface area (Å²) in [6.45, 7) is 4.50. The minimum atomic E-state index is -3.27. The zero-order valence-electron chi connectivity index (χ0n) is 12.5. The standard InChI is InChI=1S/C14H21BrN2O3S/c1-4-8-17(21(3,19)20)9-7-14(18)16-13-6-5-11(2)10-12(13)15/h5-6,10H,4,7-9H2,1-3H3,(H,16,18). The van der Waals surface area contributed by atoms with Crippen LogP contribution in [0.3, 0.4) is 0 Å². The van der Waals surface area contributed by atoms with Gasteiger partial charge in [-0.2, -0.15) is 0 Å². The molecule has 118 valence electrons. The summed E-state index contributed by atoms with van der Waals surface area (Å²) in [7, 11) is -3.27. The van der Waals surface area contributed by atoms with E-state index in [1.54, 1.807) is 0 Å². The molecule has 5 nitrogen and oxygen atoms in total. The lowest BCUT2D eigenvalue weighted by molar-refractivity contribution is -0.116. The summed E-state index contributed by atoms with van der Waals surface area (Å²) in [4.78, 5) is 11.9. The van der Waals surface area contributed by atoms with Gasteiger partial charge in [-0.05, 0) is 47.0 Å². The molecule has 0 bridgehead atoms. The van der Waals surface area contributed by atoms with Gasteiger partial charge in [0.2, 0.25) is 15.9 Å². The summed E-state index contributed by atoms with van der Waals surface area (Å²) >= 11 is 3.39. The van der Waals surface area contributed by atoms with Crippen LogP contribution in [0.1, 0.15) is 25.3 Å². The number of halogens is 1. The van der Waals surface area contributed by atoms with Gasteiger partial charge in [0, 0.05) is 24.0 Å². The number of benzene rings is 1. The van der Waals surface area contributed by atoms with Crippen LogP contribution < -0.4 is 5.32 Å². The molecule has 1 aromatic rings. The Morgan fingerprint density at radius 2 is 2.00 bits per heavy atom. The van der Waals surface area contributed by atoms with Crippen LogP contribution in [0.4, 0.5) is 5.69 Å². The van der Waals surface area contributed by atoms with Gasteiger partial charge in [0.05, 0.1) is 11.9 Å². The van der Waals surface area contributed by atoms with Crippen LogP contribution in [0.5, 0.6) is 0 Å². The molecule has 0 atom stereocenters. The molecule has 1 N–H and O–H groups in total. The molecule has 1 amide bonds. The number of hydrogen-bond donors (Lipinski definition) is 1. The molecule has 0 radical (unpaired) electrons. The lowest BCUT2D eigenvalue weighted by Gasteiger charge is -2.18. The number of carbonyl (C=O) groups is 1. The summed E-state index contributed by atoms with van der Waals surface area (Å²) in [5.74, 6) is -0.204. The first-order valence-corrected chi connectivity index (χ1v) is 9.39. The first kappa shape index (κ1) is 18.1. The van der Waals surface area contributed by atoms with E-state index in [9.17, 15) is 13.2 Å². The van der Waals surface area contributed by atoms with Crippen molar-refractivity contribution < 1.29 is 13.2 Å². The summed E-state index contributed by atoms with van der Waals surface area (Å²) < 4.78 is 25.3. The molecular formula is C14H21BrN2O3S. The molecule has 0 saturated heterocycles. The van der Waals surface area contributed by atoms with Crippen molar-refractivity contribution in [1.82, 2.24) is 4.31 Å². The number of sulfonamides is 1. The fourth-order valence-electron chi connectivity index (χ4n) is 1.85. The Labute approximate surface area is 134 Å². The number of hydrogen-bond acceptors (Lipinski definition) is 3. The molecule has 1 aromatic carbocycles. The van der Waals surface area contributed by atoms with Gasteiger partial charge in [0.1, 0.15) is 0 Å². The first-order valence-electron chi connectivity index (χ1n) is 6.75. The van der Waals surface area contributed by atoms with Gasteiger partial charge >= 0.3 is 0 Å². The van der Waals surface area contributed by atoms with E-state index < -0.39 is 10.0 Å². The summed E-state index contributed by atoms with van der Waals surface area (Å²) in [5.41, 5.74) is 1.78. The van der Waals surface area contributed by atoms with E-state index in [1.165, 1.54) is 4.31 Å². The van der Waals surface area contributed by atoms with Gasteiger partial charge in [0.25, 0.3) is 0 Å². The third kappa shape index (κ3) is 6.15. The quantitative estimate of drug-likeness (QED) is 0.795. The van der Waals surface area contributed by atoms with Gasteiger partial charge in [-0.15, -0.1) is 0 Å². The molecular weight excluding hydrogens is 356 g/mol. The van der Waals surface area contributed by atoms with Crippen LogP contribution in [0.2, 0.25) is 0 Å². The second kappa shape index (κ2) is 7.91. The van der Waals surface area contributed by atoms with Crippen molar-refractivity contribution in [3.8, 4) is 0 Å². The van der Waals surface area contributed by atoms with Crippen molar-refractivity contribution in [3.05, 3.63) is 28.2 Å². The molecule has 0 spiro atoms. The molecule has 0 unspecified atom stereocenters. The van der Waals surface area contributed by atoms with Gasteiger partial charge in [-0.25, -0.2) is 12.7 Å². The number of amides is 1. The highest BCUT2D eigenvalue weighted by molar-refractivity contribution is 9.10. The zero-order chi connectivity index (χ0) is 16.0. The Morgan fingerprint density at radius 3 is 2.52 bits per heavy atom. The van der Waals surface area contributed by atoms with E-state index in [0.29, 0.717) is 12.2 Å². The predicted octanol–water partition coefficient (Wildman–Crippen LogP) is 2.76. The molecule has 0 fully saturated rings. The Kier molecular flexibility index (Phi) is 6.83. The average Bonchev–Trinajstić information content (AvgIpc) is 2.36. The Morgan fingerprint density at radius 1 is 1.33 bits per heavy atom. The molecule has 1 rings (SSSR count). The highest BCUT2D eigenvalue weighted by atomic mass is 79.9. The first-order chi connectivity index (χ1) is 9.74. The largest absolute Gasteiger partial charge is 0.325 e. The van der Waals surface area contributed by atoms with Crippen molar-refractivity contribution in [2.24, 2.45) is 0 Å². The lowest BCUT2D eigenvalue weighted by atomic mass is 10.2. The van der Waals surface area contributed by atoms with E-state index in [2.05, 4.69) is 21.2 Å². The van der Waals surface area contributed by atoms with E-state index >= 15 is 0 Å². The summed E-state index contributed by atoms with van der Waals surface area (Å²) in [6, 6.07) is 5.63. The number of nitrogens with one attached hydrogen (secondary N) is 1. The molecule has 21 heavy (non-hydrogen) atoms. The lowest BCUT2D eigenvalue weighted by Crippen LogP contribution is -2.33. The van der Waals surface area contributed by atoms with Crippen LogP contribution in [-0.4, -0.2) is 38.0 Å². The second-order valence-corrected chi connectivity index (χ2v) is 7.78. The number of anilines is 1. The second-order valence-electron chi connectivity index (χ2n) is 4.94. The van der Waals surface area contributed by atoms with E-state index in [0.717, 1.165) is 22.7 Å². The minimum absolute atomic E-state index is 0.132. The van der Waals surface area contributed by atoms with Crippen molar-refractivity contribution in [2.45, 2.75) is 26.7 Å². The van der Waals surface area contributed by atoms with Crippen LogP contribution in [0.15, 0.2) is 22.7 Å². The fourth-order valence-corrected chi connectivity index (χ4v) is 3.38. The smallest absolute Gasteiger partial charge is 0.225 e. The minimum Gasteiger partial charge on any atom is -0.325 e. The third-order valence-electron chi connectivity index (χ3n) is 2.93. The summed E-state index contributed by atoms with van der Waals surface area (Å²) in [5, 5.41) is 2.78. The molecule has 0 aliphatic heterocycles. The normalized spacial score (nSPS) is 11.7. The maximum atomic E-state index is 11.9. The number of carbonyl (C=O) groups excluding carboxylic acids is 1. The van der Waals surface area contributed by atoms with Crippen molar-refractivity contribution in [1.29, 1.82) is 0 Å². The third-order valence-corrected chi connectivity index (χ3v) is 4.89. The molecule has 0 saturated carbocycles. The zero-order valence-corrected chi connectivity index (χ0v) is 14.9. The van der Waals surface area contributed by atoms with Crippen LogP contribution >= 0.6 is 15.9 Å². The number of aryl methyl sites for hydroxylation is 1. The van der Waals surface area contributed by atoms with Gasteiger partial charge in [-0.1, -0.05) is 13.0 Å². The molecule has 0 aliphatic rings. The van der Waals surface area contributed by atoms with E-state index in [-0.39, 0.29) is 18.9 Å². The van der Waals surface area contributed by atoms with E-state index in [1.807, 2.05) is 32.0 Å². The van der Waals surface area contributed by atoms with Gasteiger partial charge in [0.15, 0.2) is 0 Å². The number of nitrogens with zero attached hydrogens (tertiary/aromatic N) is 1. The monoisotopic (exact) mass is 376 g/mol. The van der Waals surface area contributed by atoms with Crippen molar-refractivity contribution in [2.75, 3.05) is 24.7 Å². The molecule has 7 heteroatoms. The Bertz CT molecular complexity index is 602. The SMILES string of the molecule is CCCN(CCC(=O)Nc1ccc(C)cc1Br)S(C)(=O)=O. The fraction of sp³-hybridized carbons (Fsp3) is 0.500. The van der Waals surface area contributed by atoms with Crippen LogP contribution in [-0.2, 0) is 14.8 Å². The maximum absolute atomic E-state index is 11.9. The molecule has 0 aromatic heterocycles. The highest BCUT2D eigenvalue weighted by Gasteiger charge is 2.17. The predicted molar refractivity (Wildman–Crippen MR) is 88.8 cm³/mol. The van der Waals surface area contributed by atoms with Crippen molar-refractivity contribution in [3.63, 3.8) is 0 Å². The Balaban J connectivity index is 2.61. The Hall–Kier alpha value is -0.920. The average molecular weight is 377 g/mol. The van der Waals surface area contributed by atoms with Crippen LogP contribution in [0, 0.1) is 6.92 Å². The molecule has 0 aliphatic carbocycles. The maximum Gasteiger partial charge on any atom is 0.225 e. The van der Waals surface area contributed by atoms with Crippen LogP contribution in [0.25, 0.3) is 0 Å². The van der Waals surface area contributed by atoms with Gasteiger partial charge in [-0.3, -0.25) is 4.79 Å². The van der Waals surface area contributed by atoms with E-state index in [4.69, 9.17) is 0 Å².